The van der Waals surface area contributed by atoms with Gasteiger partial charge in [-0.25, -0.2) is 9.97 Å². The molecular formula is C10H5BrCl2N2O. The second kappa shape index (κ2) is 4.99. The fraction of sp³-hybridized carbons (Fsp3) is 0. The van der Waals surface area contributed by atoms with Crippen molar-refractivity contribution in [3.05, 3.63) is 45.2 Å². The molecule has 0 saturated carbocycles. The molecule has 0 atom stereocenters. The third kappa shape index (κ3) is 2.64. The molecule has 16 heavy (non-hydrogen) atoms. The lowest BCUT2D eigenvalue weighted by molar-refractivity contribution is 0.460. The highest BCUT2D eigenvalue weighted by Crippen LogP contribution is 2.32. The topological polar surface area (TPSA) is 35.0 Å². The second-order valence-electron chi connectivity index (χ2n) is 2.83. The van der Waals surface area contributed by atoms with Gasteiger partial charge in [-0.1, -0.05) is 39.1 Å². The van der Waals surface area contributed by atoms with E-state index in [-0.39, 0.29) is 11.0 Å². The highest BCUT2D eigenvalue weighted by Gasteiger charge is 2.08. The molecule has 2 rings (SSSR count). The van der Waals surface area contributed by atoms with Gasteiger partial charge in [0.05, 0.1) is 5.02 Å². The smallest absolute Gasteiger partial charge is 0.257 e. The van der Waals surface area contributed by atoms with Crippen LogP contribution in [0.2, 0.25) is 10.2 Å². The molecule has 0 amide bonds. The molecule has 0 spiro atoms. The number of hydrogen-bond donors (Lipinski definition) is 0. The van der Waals surface area contributed by atoms with Gasteiger partial charge in [0.25, 0.3) is 5.88 Å². The van der Waals surface area contributed by atoms with Gasteiger partial charge in [-0.2, -0.15) is 0 Å². The average molecular weight is 320 g/mol. The van der Waals surface area contributed by atoms with Crippen molar-refractivity contribution in [2.75, 3.05) is 0 Å². The Morgan fingerprint density at radius 3 is 2.56 bits per heavy atom. The second-order valence-corrected chi connectivity index (χ2v) is 4.51. The minimum absolute atomic E-state index is 0.196. The van der Waals surface area contributed by atoms with Crippen LogP contribution in [0.4, 0.5) is 0 Å². The maximum atomic E-state index is 5.99. The van der Waals surface area contributed by atoms with E-state index in [0.29, 0.717) is 10.8 Å². The average Bonchev–Trinajstić information content (AvgIpc) is 2.25. The molecule has 3 nitrogen and oxygen atoms in total. The molecule has 6 heteroatoms. The van der Waals surface area contributed by atoms with Crippen molar-refractivity contribution in [2.24, 2.45) is 0 Å². The molecule has 1 aromatic heterocycles. The van der Waals surface area contributed by atoms with Gasteiger partial charge in [0.1, 0.15) is 5.75 Å². The first kappa shape index (κ1) is 11.6. The third-order valence-electron chi connectivity index (χ3n) is 1.72. The van der Waals surface area contributed by atoms with Crippen LogP contribution in [-0.4, -0.2) is 9.97 Å². The first-order chi connectivity index (χ1) is 7.66. The molecule has 0 N–H and O–H groups in total. The van der Waals surface area contributed by atoms with E-state index in [1.54, 1.807) is 12.1 Å². The Balaban J connectivity index is 2.31. The summed E-state index contributed by atoms with van der Waals surface area (Å²) in [4.78, 5) is 7.80. The Morgan fingerprint density at radius 2 is 1.88 bits per heavy atom. The van der Waals surface area contributed by atoms with E-state index >= 15 is 0 Å². The van der Waals surface area contributed by atoms with E-state index in [4.69, 9.17) is 27.9 Å². The molecule has 0 aliphatic heterocycles. The predicted octanol–water partition coefficient (Wildman–Crippen LogP) is 4.34. The van der Waals surface area contributed by atoms with E-state index in [1.165, 1.54) is 12.4 Å². The summed E-state index contributed by atoms with van der Waals surface area (Å²) < 4.78 is 6.31. The highest BCUT2D eigenvalue weighted by molar-refractivity contribution is 9.10. The van der Waals surface area contributed by atoms with E-state index in [0.717, 1.165) is 4.47 Å². The van der Waals surface area contributed by atoms with Gasteiger partial charge in [0, 0.05) is 16.9 Å². The molecule has 2 aromatic rings. The molecule has 1 aromatic carbocycles. The fourth-order valence-corrected chi connectivity index (χ4v) is 1.89. The third-order valence-corrected chi connectivity index (χ3v) is 2.77. The Bertz CT molecular complexity index is 522. The van der Waals surface area contributed by atoms with Crippen LogP contribution < -0.4 is 4.74 Å². The molecule has 0 radical (unpaired) electrons. The molecule has 0 bridgehead atoms. The number of benzene rings is 1. The summed E-state index contributed by atoms with van der Waals surface area (Å²) in [5.41, 5.74) is 0. The Hall–Kier alpha value is -0.840. The minimum atomic E-state index is 0.196. The zero-order chi connectivity index (χ0) is 11.5. The molecule has 82 valence electrons. The van der Waals surface area contributed by atoms with Crippen molar-refractivity contribution < 1.29 is 4.74 Å². The number of halogens is 3. The van der Waals surface area contributed by atoms with Crippen LogP contribution in [0.15, 0.2) is 35.1 Å². The molecule has 0 aliphatic carbocycles. The first-order valence-corrected chi connectivity index (χ1v) is 5.81. The van der Waals surface area contributed by atoms with Gasteiger partial charge in [0.2, 0.25) is 0 Å². The van der Waals surface area contributed by atoms with E-state index < -0.39 is 0 Å². The molecule has 1 heterocycles. The van der Waals surface area contributed by atoms with Gasteiger partial charge < -0.3 is 4.74 Å². The molecule has 0 saturated heterocycles. The maximum absolute atomic E-state index is 5.99. The van der Waals surface area contributed by atoms with Crippen molar-refractivity contribution in [3.63, 3.8) is 0 Å². The van der Waals surface area contributed by atoms with Crippen molar-refractivity contribution in [1.29, 1.82) is 0 Å². The summed E-state index contributed by atoms with van der Waals surface area (Å²) in [6.45, 7) is 0. The van der Waals surface area contributed by atoms with Crippen molar-refractivity contribution in [3.8, 4) is 11.6 Å². The Kier molecular flexibility index (Phi) is 3.63. The van der Waals surface area contributed by atoms with Crippen LogP contribution in [-0.2, 0) is 0 Å². The minimum Gasteiger partial charge on any atom is -0.435 e. The normalized spacial score (nSPS) is 10.2. The maximum Gasteiger partial charge on any atom is 0.257 e. The van der Waals surface area contributed by atoms with Crippen LogP contribution >= 0.6 is 39.1 Å². The molecule has 0 fully saturated rings. The van der Waals surface area contributed by atoms with Crippen LogP contribution in [0.25, 0.3) is 0 Å². The van der Waals surface area contributed by atoms with E-state index in [9.17, 15) is 0 Å². The summed E-state index contributed by atoms with van der Waals surface area (Å²) in [5, 5.41) is 0.664. The molecule has 0 unspecified atom stereocenters. The number of rotatable bonds is 2. The first-order valence-electron chi connectivity index (χ1n) is 4.26. The molecule has 0 aliphatic rings. The predicted molar refractivity (Wildman–Crippen MR) is 66.3 cm³/mol. The zero-order valence-electron chi connectivity index (χ0n) is 7.82. The number of aromatic nitrogens is 2. The lowest BCUT2D eigenvalue weighted by Crippen LogP contribution is -1.90. The van der Waals surface area contributed by atoms with Gasteiger partial charge >= 0.3 is 0 Å². The summed E-state index contributed by atoms with van der Waals surface area (Å²) in [6.07, 6.45) is 2.98. The standard InChI is InChI=1S/C10H5BrCl2N2O/c11-6-1-2-8(7(12)5-6)16-10-9(13)14-3-4-15-10/h1-5H. The summed E-state index contributed by atoms with van der Waals surface area (Å²) in [6, 6.07) is 5.25. The van der Waals surface area contributed by atoms with Gasteiger partial charge in [0.15, 0.2) is 5.15 Å². The zero-order valence-corrected chi connectivity index (χ0v) is 10.9. The lowest BCUT2D eigenvalue weighted by atomic mass is 10.3. The van der Waals surface area contributed by atoms with Crippen molar-refractivity contribution in [2.45, 2.75) is 0 Å². The fourth-order valence-electron chi connectivity index (χ4n) is 1.04. The SMILES string of the molecule is Clc1cc(Br)ccc1Oc1nccnc1Cl. The van der Waals surface area contributed by atoms with Crippen LogP contribution in [0.3, 0.4) is 0 Å². The van der Waals surface area contributed by atoms with Crippen LogP contribution in [0.5, 0.6) is 11.6 Å². The summed E-state index contributed by atoms with van der Waals surface area (Å²) in [7, 11) is 0. The largest absolute Gasteiger partial charge is 0.435 e. The lowest BCUT2D eigenvalue weighted by Gasteiger charge is -2.07. The van der Waals surface area contributed by atoms with E-state index in [2.05, 4.69) is 25.9 Å². The van der Waals surface area contributed by atoms with Crippen LogP contribution in [0.1, 0.15) is 0 Å². The van der Waals surface area contributed by atoms with Gasteiger partial charge in [-0.05, 0) is 18.2 Å². The van der Waals surface area contributed by atoms with Crippen molar-refractivity contribution in [1.82, 2.24) is 9.97 Å². The number of ether oxygens (including phenoxy) is 1. The number of hydrogen-bond acceptors (Lipinski definition) is 3. The quantitative estimate of drug-likeness (QED) is 0.826. The summed E-state index contributed by atoms with van der Waals surface area (Å²) >= 11 is 15.1. The molecular weight excluding hydrogens is 315 g/mol. The Labute approximate surface area is 111 Å². The van der Waals surface area contributed by atoms with Gasteiger partial charge in [-0.3, -0.25) is 0 Å². The van der Waals surface area contributed by atoms with Gasteiger partial charge in [-0.15, -0.1) is 0 Å². The van der Waals surface area contributed by atoms with E-state index in [1.807, 2.05) is 6.07 Å². The Morgan fingerprint density at radius 1 is 1.12 bits per heavy atom. The van der Waals surface area contributed by atoms with Crippen LogP contribution in [0, 0.1) is 0 Å². The number of nitrogens with zero attached hydrogens (tertiary/aromatic N) is 2. The van der Waals surface area contributed by atoms with Crippen molar-refractivity contribution >= 4 is 39.1 Å². The highest BCUT2D eigenvalue weighted by atomic mass is 79.9. The monoisotopic (exact) mass is 318 g/mol. The summed E-state index contributed by atoms with van der Waals surface area (Å²) in [5.74, 6) is 0.709.